The number of esters is 1. The van der Waals surface area contributed by atoms with E-state index in [1.165, 1.54) is 13.1 Å². The monoisotopic (exact) mass is 238 g/mol. The fourth-order valence-corrected chi connectivity index (χ4v) is 1.55. The number of imidazole rings is 1. The van der Waals surface area contributed by atoms with E-state index in [0.29, 0.717) is 0 Å². The molecule has 1 aromatic heterocycles. The first-order valence-electron chi connectivity index (χ1n) is 3.96. The largest absolute Gasteiger partial charge is 0.461 e. The van der Waals surface area contributed by atoms with Crippen molar-refractivity contribution in [3.63, 3.8) is 0 Å². The van der Waals surface area contributed by atoms with Gasteiger partial charge in [-0.1, -0.05) is 0 Å². The molecule has 15 heavy (non-hydrogen) atoms. The molecule has 0 amide bonds. The van der Waals surface area contributed by atoms with Crippen molar-refractivity contribution in [2.24, 2.45) is 0 Å². The van der Waals surface area contributed by atoms with Gasteiger partial charge in [-0.05, 0) is 6.92 Å². The van der Waals surface area contributed by atoms with Crippen LogP contribution in [0.15, 0.2) is 17.6 Å². The number of nitrogens with one attached hydrogen (secondary N) is 1. The summed E-state index contributed by atoms with van der Waals surface area (Å²) in [6.07, 6.45) is 2.39. The van der Waals surface area contributed by atoms with Crippen molar-refractivity contribution in [3.8, 4) is 0 Å². The van der Waals surface area contributed by atoms with E-state index in [2.05, 4.69) is 14.7 Å². The van der Waals surface area contributed by atoms with Crippen LogP contribution in [-0.2, 0) is 20.3 Å². The Morgan fingerprint density at radius 1 is 1.73 bits per heavy atom. The number of aromatic nitrogens is 2. The molecule has 0 fully saturated rings. The fourth-order valence-electron chi connectivity index (χ4n) is 0.764. The van der Waals surface area contributed by atoms with Crippen molar-refractivity contribution < 1.29 is 22.5 Å². The van der Waals surface area contributed by atoms with Crippen molar-refractivity contribution in [3.05, 3.63) is 12.4 Å². The van der Waals surface area contributed by atoms with Gasteiger partial charge < -0.3 is 9.72 Å². The minimum absolute atomic E-state index is 0.205. The van der Waals surface area contributed by atoms with Crippen LogP contribution in [0.2, 0.25) is 0 Å². The highest BCUT2D eigenvalue weighted by Gasteiger charge is 2.49. The third kappa shape index (κ3) is 2.38. The van der Waals surface area contributed by atoms with E-state index >= 15 is 0 Å². The summed E-state index contributed by atoms with van der Waals surface area (Å²) in [5.41, 5.74) is 0. The second kappa shape index (κ2) is 4.47. The van der Waals surface area contributed by atoms with Crippen LogP contribution in [0.4, 0.5) is 8.78 Å². The molecule has 0 spiro atoms. The third-order valence-electron chi connectivity index (χ3n) is 1.39. The highest BCUT2D eigenvalue weighted by atomic mass is 32.2. The zero-order chi connectivity index (χ0) is 11.5. The molecule has 0 aromatic carbocycles. The molecule has 0 aliphatic rings. The molecule has 1 heterocycles. The van der Waals surface area contributed by atoms with Crippen LogP contribution in [0, 0.1) is 0 Å². The van der Waals surface area contributed by atoms with Gasteiger partial charge in [-0.3, -0.25) is 0 Å². The average molecular weight is 238 g/mol. The van der Waals surface area contributed by atoms with Gasteiger partial charge in [0.1, 0.15) is 0 Å². The Hall–Kier alpha value is -1.31. The SMILES string of the molecule is CCOC(=O)C(F)(F)[S@](=O)c1ncc[nH]1. The number of aromatic amines is 1. The summed E-state index contributed by atoms with van der Waals surface area (Å²) in [6.45, 7) is 1.17. The Morgan fingerprint density at radius 3 is 2.87 bits per heavy atom. The molecule has 0 aliphatic carbocycles. The van der Waals surface area contributed by atoms with Gasteiger partial charge in [-0.2, -0.15) is 8.78 Å². The lowest BCUT2D eigenvalue weighted by Gasteiger charge is -2.11. The van der Waals surface area contributed by atoms with E-state index in [9.17, 15) is 17.8 Å². The summed E-state index contributed by atoms with van der Waals surface area (Å²) in [5.74, 6) is -1.82. The zero-order valence-corrected chi connectivity index (χ0v) is 8.51. The lowest BCUT2D eigenvalue weighted by Crippen LogP contribution is -2.35. The van der Waals surface area contributed by atoms with E-state index in [0.717, 1.165) is 6.20 Å². The molecule has 1 N–H and O–H groups in total. The molecular formula is C7H8F2N2O3S. The quantitative estimate of drug-likeness (QED) is 0.783. The Balaban J connectivity index is 2.86. The molecular weight excluding hydrogens is 230 g/mol. The van der Waals surface area contributed by atoms with Crippen molar-refractivity contribution in [2.75, 3.05) is 6.61 Å². The Morgan fingerprint density at radius 2 is 2.40 bits per heavy atom. The molecule has 84 valence electrons. The van der Waals surface area contributed by atoms with Gasteiger partial charge in [0.2, 0.25) is 5.16 Å². The fraction of sp³-hybridized carbons (Fsp3) is 0.429. The Kier molecular flexibility index (Phi) is 3.51. The predicted octanol–water partition coefficient (Wildman–Crippen LogP) is 0.673. The van der Waals surface area contributed by atoms with Gasteiger partial charge in [0.05, 0.1) is 6.61 Å². The van der Waals surface area contributed by atoms with Gasteiger partial charge >= 0.3 is 11.2 Å². The van der Waals surface area contributed by atoms with E-state index in [1.807, 2.05) is 0 Å². The van der Waals surface area contributed by atoms with Crippen molar-refractivity contribution >= 4 is 16.8 Å². The van der Waals surface area contributed by atoms with Crippen molar-refractivity contribution in [2.45, 2.75) is 17.3 Å². The predicted molar refractivity (Wildman–Crippen MR) is 46.6 cm³/mol. The van der Waals surface area contributed by atoms with Crippen molar-refractivity contribution in [1.82, 2.24) is 9.97 Å². The van der Waals surface area contributed by atoms with Gasteiger partial charge in [0, 0.05) is 12.4 Å². The zero-order valence-electron chi connectivity index (χ0n) is 7.70. The molecule has 5 nitrogen and oxygen atoms in total. The summed E-state index contributed by atoms with van der Waals surface area (Å²) in [7, 11) is -2.87. The van der Waals surface area contributed by atoms with E-state index < -0.39 is 27.2 Å². The van der Waals surface area contributed by atoms with Crippen LogP contribution in [0.1, 0.15) is 6.92 Å². The molecule has 0 unspecified atom stereocenters. The first-order chi connectivity index (χ1) is 7.00. The smallest absolute Gasteiger partial charge is 0.422 e. The minimum Gasteiger partial charge on any atom is -0.461 e. The number of ether oxygens (including phenoxy) is 1. The maximum Gasteiger partial charge on any atom is 0.422 e. The lowest BCUT2D eigenvalue weighted by molar-refractivity contribution is -0.159. The van der Waals surface area contributed by atoms with Gasteiger partial charge in [0.25, 0.3) is 0 Å². The number of rotatable bonds is 4. The normalized spacial score (nSPS) is 13.5. The van der Waals surface area contributed by atoms with E-state index in [-0.39, 0.29) is 6.61 Å². The standard InChI is InChI=1S/C7H8F2N2O3S/c1-2-14-5(12)7(8,9)15(13)6-10-3-4-11-6/h3-4H,2H2,1H3,(H,10,11)/t15-/m1/s1. The summed E-state index contributed by atoms with van der Waals surface area (Å²) >= 11 is 0. The van der Waals surface area contributed by atoms with E-state index in [4.69, 9.17) is 0 Å². The number of halogens is 2. The van der Waals surface area contributed by atoms with Gasteiger partial charge in [-0.15, -0.1) is 0 Å². The minimum atomic E-state index is -4.09. The maximum atomic E-state index is 13.1. The van der Waals surface area contributed by atoms with Crippen LogP contribution in [0.5, 0.6) is 0 Å². The number of alkyl halides is 2. The van der Waals surface area contributed by atoms with Crippen LogP contribution >= 0.6 is 0 Å². The van der Waals surface area contributed by atoms with Gasteiger partial charge in [0.15, 0.2) is 10.8 Å². The highest BCUT2D eigenvalue weighted by Crippen LogP contribution is 2.24. The van der Waals surface area contributed by atoms with Crippen molar-refractivity contribution in [1.29, 1.82) is 0 Å². The Labute approximate surface area is 86.3 Å². The first kappa shape index (κ1) is 11.8. The first-order valence-corrected chi connectivity index (χ1v) is 5.11. The number of nitrogens with zero attached hydrogens (tertiary/aromatic N) is 1. The molecule has 0 aliphatic heterocycles. The van der Waals surface area contributed by atoms with Crippen LogP contribution in [-0.4, -0.2) is 32.0 Å². The summed E-state index contributed by atoms with van der Waals surface area (Å²) in [4.78, 5) is 16.4. The molecule has 0 saturated carbocycles. The van der Waals surface area contributed by atoms with Crippen LogP contribution in [0.3, 0.4) is 0 Å². The summed E-state index contributed by atoms with van der Waals surface area (Å²) < 4.78 is 41.6. The maximum absolute atomic E-state index is 13.1. The molecule has 1 aromatic rings. The Bertz CT molecular complexity index is 366. The number of carbonyl (C=O) groups is 1. The topological polar surface area (TPSA) is 72.1 Å². The molecule has 0 saturated heterocycles. The second-order valence-electron chi connectivity index (χ2n) is 2.40. The molecule has 1 rings (SSSR count). The number of carbonyl (C=O) groups excluding carboxylic acids is 1. The highest BCUT2D eigenvalue weighted by molar-refractivity contribution is 7.86. The number of hydrogen-bond donors (Lipinski definition) is 1. The third-order valence-corrected chi connectivity index (χ3v) is 2.60. The van der Waals surface area contributed by atoms with Crippen LogP contribution < -0.4 is 0 Å². The molecule has 0 bridgehead atoms. The van der Waals surface area contributed by atoms with E-state index in [1.54, 1.807) is 0 Å². The number of H-pyrrole nitrogens is 1. The summed E-state index contributed by atoms with van der Waals surface area (Å²) in [5, 5.41) is -4.55. The average Bonchev–Trinajstić information content (AvgIpc) is 2.69. The van der Waals surface area contributed by atoms with Crippen LogP contribution in [0.25, 0.3) is 0 Å². The number of hydrogen-bond acceptors (Lipinski definition) is 4. The molecule has 1 atom stereocenters. The molecule has 8 heteroatoms. The summed E-state index contributed by atoms with van der Waals surface area (Å²) in [6, 6.07) is 0. The van der Waals surface area contributed by atoms with Gasteiger partial charge in [-0.25, -0.2) is 14.0 Å². The molecule has 0 radical (unpaired) electrons. The lowest BCUT2D eigenvalue weighted by atomic mass is 10.7. The second-order valence-corrected chi connectivity index (χ2v) is 3.84.